The van der Waals surface area contributed by atoms with Crippen molar-refractivity contribution in [3.05, 3.63) is 52.3 Å². The lowest BCUT2D eigenvalue weighted by molar-refractivity contribution is 0.0700. The molecule has 24 heavy (non-hydrogen) atoms. The number of alkyl halides is 1. The lowest BCUT2D eigenvalue weighted by Gasteiger charge is -2.21. The number of fused-ring (bicyclic) bond motifs is 1. The first-order valence-corrected chi connectivity index (χ1v) is 8.44. The van der Waals surface area contributed by atoms with Crippen molar-refractivity contribution in [1.29, 1.82) is 0 Å². The summed E-state index contributed by atoms with van der Waals surface area (Å²) < 4.78 is 27.7. The average Bonchev–Trinajstić information content (AvgIpc) is 2.91. The Labute approximate surface area is 146 Å². The fourth-order valence-electron chi connectivity index (χ4n) is 2.70. The van der Waals surface area contributed by atoms with Crippen molar-refractivity contribution in [3.63, 3.8) is 0 Å². The minimum absolute atomic E-state index is 0.126. The first-order valence-electron chi connectivity index (χ1n) is 7.24. The summed E-state index contributed by atoms with van der Waals surface area (Å²) >= 11 is 7.41. The standard InChI is InChI=1S/C17H14ClF2NO2S/c1-21(8-9-5-6-10(19)7-13(9)20)16-14(17(22)23)11-3-2-4-12(18)15(11)24-16/h2-5,7,10H,6,8H2,1H3,(H,22,23). The van der Waals surface area contributed by atoms with Gasteiger partial charge in [0.2, 0.25) is 0 Å². The number of aromatic carboxylic acids is 1. The van der Waals surface area contributed by atoms with Gasteiger partial charge in [-0.25, -0.2) is 13.6 Å². The lowest BCUT2D eigenvalue weighted by atomic mass is 10.0. The predicted molar refractivity (Wildman–Crippen MR) is 93.9 cm³/mol. The molecule has 1 N–H and O–H groups in total. The van der Waals surface area contributed by atoms with E-state index in [4.69, 9.17) is 11.6 Å². The van der Waals surface area contributed by atoms with Crippen LogP contribution in [0, 0.1) is 0 Å². The number of thiophene rings is 1. The van der Waals surface area contributed by atoms with Crippen LogP contribution in [0.2, 0.25) is 5.02 Å². The van der Waals surface area contributed by atoms with Gasteiger partial charge in [0.05, 0.1) is 9.72 Å². The molecule has 0 spiro atoms. The van der Waals surface area contributed by atoms with Crippen LogP contribution in [0.15, 0.2) is 41.8 Å². The van der Waals surface area contributed by atoms with E-state index in [2.05, 4.69) is 0 Å². The van der Waals surface area contributed by atoms with Gasteiger partial charge in [-0.1, -0.05) is 29.8 Å². The first kappa shape index (κ1) is 16.9. The third kappa shape index (κ3) is 3.03. The number of nitrogens with zero attached hydrogens (tertiary/aromatic N) is 1. The highest BCUT2D eigenvalue weighted by Gasteiger charge is 2.24. The number of carboxylic acid groups (broad SMARTS) is 1. The van der Waals surface area contributed by atoms with Crippen molar-refractivity contribution in [3.8, 4) is 0 Å². The molecule has 126 valence electrons. The van der Waals surface area contributed by atoms with Gasteiger partial charge in [-0.05, 0) is 12.1 Å². The Morgan fingerprint density at radius 3 is 2.92 bits per heavy atom. The van der Waals surface area contributed by atoms with E-state index in [0.29, 0.717) is 25.7 Å². The van der Waals surface area contributed by atoms with E-state index >= 15 is 0 Å². The van der Waals surface area contributed by atoms with E-state index < -0.39 is 18.0 Å². The summed E-state index contributed by atoms with van der Waals surface area (Å²) in [5.74, 6) is -1.67. The molecular weight excluding hydrogens is 356 g/mol. The van der Waals surface area contributed by atoms with Crippen LogP contribution in [-0.2, 0) is 0 Å². The van der Waals surface area contributed by atoms with Gasteiger partial charge in [0, 0.05) is 31.0 Å². The van der Waals surface area contributed by atoms with Crippen molar-refractivity contribution in [2.75, 3.05) is 18.5 Å². The van der Waals surface area contributed by atoms with Crippen LogP contribution in [0.1, 0.15) is 16.8 Å². The fourth-order valence-corrected chi connectivity index (χ4v) is 4.15. The Kier molecular flexibility index (Phi) is 4.60. The number of benzene rings is 1. The summed E-state index contributed by atoms with van der Waals surface area (Å²) in [6, 6.07) is 5.09. The molecule has 0 amide bonds. The average molecular weight is 370 g/mol. The monoisotopic (exact) mass is 369 g/mol. The molecule has 0 radical (unpaired) electrons. The third-order valence-corrected chi connectivity index (χ3v) is 5.62. The van der Waals surface area contributed by atoms with Gasteiger partial charge >= 0.3 is 5.97 Å². The molecule has 0 fully saturated rings. The molecule has 0 saturated heterocycles. The van der Waals surface area contributed by atoms with E-state index in [0.717, 1.165) is 6.08 Å². The second-order valence-electron chi connectivity index (χ2n) is 5.56. The zero-order valence-electron chi connectivity index (χ0n) is 12.7. The molecule has 1 heterocycles. The summed E-state index contributed by atoms with van der Waals surface area (Å²) in [6.45, 7) is 0.153. The molecule has 7 heteroatoms. The quantitative estimate of drug-likeness (QED) is 0.804. The van der Waals surface area contributed by atoms with E-state index in [9.17, 15) is 18.7 Å². The highest BCUT2D eigenvalue weighted by molar-refractivity contribution is 7.24. The zero-order chi connectivity index (χ0) is 17.4. The maximum atomic E-state index is 13.9. The molecule has 2 aromatic rings. The topological polar surface area (TPSA) is 40.5 Å². The zero-order valence-corrected chi connectivity index (χ0v) is 14.3. The van der Waals surface area contributed by atoms with Gasteiger partial charge in [-0.2, -0.15) is 0 Å². The summed E-state index contributed by atoms with van der Waals surface area (Å²) in [5.41, 5.74) is 0.496. The maximum absolute atomic E-state index is 13.9. The van der Waals surface area contributed by atoms with Gasteiger partial charge in [0.1, 0.15) is 22.6 Å². The molecule has 1 aliphatic carbocycles. The Morgan fingerprint density at radius 2 is 2.25 bits per heavy atom. The lowest BCUT2D eigenvalue weighted by Crippen LogP contribution is -2.22. The second-order valence-corrected chi connectivity index (χ2v) is 6.96. The van der Waals surface area contributed by atoms with Crippen LogP contribution >= 0.6 is 22.9 Å². The van der Waals surface area contributed by atoms with Crippen molar-refractivity contribution in [2.24, 2.45) is 0 Å². The Morgan fingerprint density at radius 1 is 1.50 bits per heavy atom. The number of hydrogen-bond donors (Lipinski definition) is 1. The molecule has 1 aliphatic rings. The summed E-state index contributed by atoms with van der Waals surface area (Å²) in [7, 11) is 1.68. The third-order valence-electron chi connectivity index (χ3n) is 3.84. The molecular formula is C17H14ClF2NO2S. The van der Waals surface area contributed by atoms with Crippen LogP contribution in [0.4, 0.5) is 13.8 Å². The Bertz CT molecular complexity index is 875. The highest BCUT2D eigenvalue weighted by Crippen LogP contribution is 2.41. The number of allylic oxidation sites excluding steroid dienone is 2. The predicted octanol–water partition coefficient (Wildman–Crippen LogP) is 5.21. The summed E-state index contributed by atoms with van der Waals surface area (Å²) in [6.07, 6.45) is 1.28. The van der Waals surface area contributed by atoms with Gasteiger partial charge in [0.15, 0.2) is 0 Å². The molecule has 1 unspecified atom stereocenters. The number of halogens is 3. The maximum Gasteiger partial charge on any atom is 0.339 e. The molecule has 1 aromatic carbocycles. The van der Waals surface area contributed by atoms with E-state index in [1.54, 1.807) is 30.1 Å². The highest BCUT2D eigenvalue weighted by atomic mass is 35.5. The van der Waals surface area contributed by atoms with Gasteiger partial charge in [0.25, 0.3) is 0 Å². The minimum atomic E-state index is -1.31. The largest absolute Gasteiger partial charge is 0.478 e. The molecule has 0 saturated carbocycles. The van der Waals surface area contributed by atoms with E-state index in [1.165, 1.54) is 17.4 Å². The van der Waals surface area contributed by atoms with Crippen molar-refractivity contribution >= 4 is 44.0 Å². The second kappa shape index (κ2) is 6.53. The van der Waals surface area contributed by atoms with Crippen molar-refractivity contribution < 1.29 is 18.7 Å². The van der Waals surface area contributed by atoms with Crippen LogP contribution in [0.5, 0.6) is 0 Å². The molecule has 0 aliphatic heterocycles. The fraction of sp³-hybridized carbons (Fsp3) is 0.235. The SMILES string of the molecule is CN(CC1=CCC(F)C=C1F)c1sc2c(Cl)cccc2c1C(=O)O. The van der Waals surface area contributed by atoms with Gasteiger partial charge in [-0.3, -0.25) is 0 Å². The van der Waals surface area contributed by atoms with Crippen LogP contribution < -0.4 is 4.90 Å². The van der Waals surface area contributed by atoms with Gasteiger partial charge in [-0.15, -0.1) is 11.3 Å². The van der Waals surface area contributed by atoms with Crippen LogP contribution in [0.3, 0.4) is 0 Å². The number of hydrogen-bond acceptors (Lipinski definition) is 3. The number of likely N-dealkylation sites (N-methyl/N-ethyl adjacent to an activating group) is 1. The molecule has 1 aromatic heterocycles. The van der Waals surface area contributed by atoms with Crippen LogP contribution in [0.25, 0.3) is 10.1 Å². The number of carboxylic acids is 1. The smallest absolute Gasteiger partial charge is 0.339 e. The van der Waals surface area contributed by atoms with Crippen molar-refractivity contribution in [2.45, 2.75) is 12.6 Å². The van der Waals surface area contributed by atoms with Crippen LogP contribution in [-0.4, -0.2) is 30.8 Å². The number of carbonyl (C=O) groups is 1. The molecule has 0 bridgehead atoms. The van der Waals surface area contributed by atoms with Gasteiger partial charge < -0.3 is 10.0 Å². The summed E-state index contributed by atoms with van der Waals surface area (Å²) in [5, 5.41) is 11.1. The number of rotatable bonds is 4. The molecule has 3 nitrogen and oxygen atoms in total. The summed E-state index contributed by atoms with van der Waals surface area (Å²) in [4.78, 5) is 13.4. The molecule has 3 rings (SSSR count). The normalized spacial score (nSPS) is 17.6. The van der Waals surface area contributed by atoms with E-state index in [-0.39, 0.29) is 18.5 Å². The van der Waals surface area contributed by atoms with E-state index in [1.807, 2.05) is 0 Å². The first-order chi connectivity index (χ1) is 11.4. The Hall–Kier alpha value is -1.92. The minimum Gasteiger partial charge on any atom is -0.478 e. The number of anilines is 1. The molecule has 1 atom stereocenters. The van der Waals surface area contributed by atoms with Crippen molar-refractivity contribution in [1.82, 2.24) is 0 Å². The Balaban J connectivity index is 2.00.